The van der Waals surface area contributed by atoms with E-state index in [1.165, 1.54) is 0 Å². The molecule has 0 atom stereocenters. The maximum Gasteiger partial charge on any atom is 0.313 e. The van der Waals surface area contributed by atoms with Crippen molar-refractivity contribution in [1.29, 1.82) is 0 Å². The smallest absolute Gasteiger partial charge is 0.313 e. The quantitative estimate of drug-likeness (QED) is 0.796. The van der Waals surface area contributed by atoms with E-state index < -0.39 is 5.97 Å². The Kier molecular flexibility index (Phi) is 4.57. The highest BCUT2D eigenvalue weighted by Gasteiger charge is 2.14. The number of carboxylic acids is 1. The Morgan fingerprint density at radius 1 is 1.45 bits per heavy atom. The molecule has 8 heteroatoms. The minimum Gasteiger partial charge on any atom is -0.481 e. The number of pyridine rings is 1. The van der Waals surface area contributed by atoms with Gasteiger partial charge in [-0.3, -0.25) is 14.3 Å². The van der Waals surface area contributed by atoms with Crippen LogP contribution in [0.5, 0.6) is 0 Å². The van der Waals surface area contributed by atoms with E-state index in [9.17, 15) is 4.79 Å². The molecular weight excluding hydrogens is 278 g/mol. The van der Waals surface area contributed by atoms with Crippen molar-refractivity contribution in [2.75, 3.05) is 17.7 Å². The van der Waals surface area contributed by atoms with Gasteiger partial charge in [-0.25, -0.2) is 0 Å². The zero-order chi connectivity index (χ0) is 14.5. The van der Waals surface area contributed by atoms with Gasteiger partial charge in [-0.15, -0.1) is 10.2 Å². The minimum absolute atomic E-state index is 0.0318. The molecule has 106 valence electrons. The monoisotopic (exact) mass is 293 g/mol. The zero-order valence-electron chi connectivity index (χ0n) is 11.2. The summed E-state index contributed by atoms with van der Waals surface area (Å²) >= 11 is 1.15. The first-order valence-electron chi connectivity index (χ1n) is 5.93. The number of hydrogen-bond donors (Lipinski definition) is 1. The van der Waals surface area contributed by atoms with Crippen molar-refractivity contribution >= 4 is 23.7 Å². The molecule has 20 heavy (non-hydrogen) atoms. The number of carboxylic acid groups (broad SMARTS) is 1. The Balaban J connectivity index is 2.07. The molecule has 2 aromatic rings. The van der Waals surface area contributed by atoms with E-state index in [4.69, 9.17) is 5.11 Å². The topological polar surface area (TPSA) is 84.1 Å². The molecule has 0 saturated carbocycles. The van der Waals surface area contributed by atoms with Gasteiger partial charge in [0.2, 0.25) is 5.95 Å². The van der Waals surface area contributed by atoms with Crippen LogP contribution < -0.4 is 4.90 Å². The molecule has 2 rings (SSSR count). The van der Waals surface area contributed by atoms with Gasteiger partial charge in [0.1, 0.15) is 0 Å². The van der Waals surface area contributed by atoms with E-state index in [0.717, 1.165) is 17.5 Å². The summed E-state index contributed by atoms with van der Waals surface area (Å²) in [5.41, 5.74) is 0.928. The molecule has 0 bridgehead atoms. The lowest BCUT2D eigenvalue weighted by Crippen LogP contribution is -2.20. The standard InChI is InChI=1S/C12H15N5O2S/c1-16(7-9-5-3-4-6-13-9)11-14-15-12(17(11)2)20-8-10(18)19/h3-6H,7-8H2,1-2H3,(H,18,19). The highest BCUT2D eigenvalue weighted by atomic mass is 32.2. The highest BCUT2D eigenvalue weighted by Crippen LogP contribution is 2.20. The largest absolute Gasteiger partial charge is 0.481 e. The average molecular weight is 293 g/mol. The third-order valence-corrected chi connectivity index (χ3v) is 3.61. The number of rotatable bonds is 6. The van der Waals surface area contributed by atoms with Crippen LogP contribution in [0.1, 0.15) is 5.69 Å². The number of carbonyl (C=O) groups is 1. The van der Waals surface area contributed by atoms with E-state index in [1.54, 1.807) is 10.8 Å². The van der Waals surface area contributed by atoms with Crippen LogP contribution in [0.2, 0.25) is 0 Å². The lowest BCUT2D eigenvalue weighted by atomic mass is 10.3. The molecule has 0 amide bonds. The molecule has 0 aromatic carbocycles. The molecule has 0 unspecified atom stereocenters. The van der Waals surface area contributed by atoms with E-state index in [1.807, 2.05) is 37.2 Å². The first-order valence-corrected chi connectivity index (χ1v) is 6.91. The summed E-state index contributed by atoms with van der Waals surface area (Å²) in [6, 6.07) is 5.74. The van der Waals surface area contributed by atoms with Crippen molar-refractivity contribution in [2.45, 2.75) is 11.7 Å². The summed E-state index contributed by atoms with van der Waals surface area (Å²) in [4.78, 5) is 16.7. The van der Waals surface area contributed by atoms with Gasteiger partial charge in [0.25, 0.3) is 0 Å². The fraction of sp³-hybridized carbons (Fsp3) is 0.333. The predicted octanol–water partition coefficient (Wildman–Crippen LogP) is 1.02. The van der Waals surface area contributed by atoms with Gasteiger partial charge in [-0.05, 0) is 12.1 Å². The third kappa shape index (κ3) is 3.47. The first-order chi connectivity index (χ1) is 9.58. The fourth-order valence-electron chi connectivity index (χ4n) is 1.70. The molecular formula is C12H15N5O2S. The number of thioether (sulfide) groups is 1. The molecule has 0 aliphatic rings. The Labute approximate surface area is 120 Å². The minimum atomic E-state index is -0.874. The molecule has 0 radical (unpaired) electrons. The summed E-state index contributed by atoms with van der Waals surface area (Å²) in [7, 11) is 3.71. The second-order valence-electron chi connectivity index (χ2n) is 4.20. The maximum absolute atomic E-state index is 10.6. The van der Waals surface area contributed by atoms with E-state index in [2.05, 4.69) is 15.2 Å². The second-order valence-corrected chi connectivity index (χ2v) is 5.14. The summed E-state index contributed by atoms with van der Waals surface area (Å²) in [6.07, 6.45) is 1.74. The van der Waals surface area contributed by atoms with E-state index in [0.29, 0.717) is 17.6 Å². The first kappa shape index (κ1) is 14.3. The summed E-state index contributed by atoms with van der Waals surface area (Å²) in [5.74, 6) is -0.236. The Bertz CT molecular complexity index is 587. The van der Waals surface area contributed by atoms with E-state index >= 15 is 0 Å². The van der Waals surface area contributed by atoms with Crippen molar-refractivity contribution in [2.24, 2.45) is 7.05 Å². The molecule has 1 N–H and O–H groups in total. The number of aromatic nitrogens is 4. The zero-order valence-corrected chi connectivity index (χ0v) is 12.0. The summed E-state index contributed by atoms with van der Waals surface area (Å²) in [6.45, 7) is 0.608. The predicted molar refractivity (Wildman–Crippen MR) is 75.7 cm³/mol. The van der Waals surface area contributed by atoms with Crippen LogP contribution in [-0.4, -0.2) is 43.6 Å². The average Bonchev–Trinajstić information content (AvgIpc) is 2.79. The van der Waals surface area contributed by atoms with Crippen LogP contribution >= 0.6 is 11.8 Å². The molecule has 2 aromatic heterocycles. The normalized spacial score (nSPS) is 10.5. The summed E-state index contributed by atoms with van der Waals surface area (Å²) in [5, 5.41) is 17.3. The second kappa shape index (κ2) is 6.38. The number of anilines is 1. The van der Waals surface area contributed by atoms with Gasteiger partial charge in [0.15, 0.2) is 5.16 Å². The molecule has 7 nitrogen and oxygen atoms in total. The van der Waals surface area contributed by atoms with Gasteiger partial charge in [-0.2, -0.15) is 0 Å². The van der Waals surface area contributed by atoms with Crippen LogP contribution in [-0.2, 0) is 18.4 Å². The van der Waals surface area contributed by atoms with Crippen LogP contribution in [0.15, 0.2) is 29.6 Å². The lowest BCUT2D eigenvalue weighted by Gasteiger charge is -2.17. The van der Waals surface area contributed by atoms with Gasteiger partial charge in [0, 0.05) is 20.3 Å². The van der Waals surface area contributed by atoms with Gasteiger partial charge >= 0.3 is 5.97 Å². The van der Waals surface area contributed by atoms with Crippen LogP contribution in [0.25, 0.3) is 0 Å². The number of aliphatic carboxylic acids is 1. The Hall–Kier alpha value is -2.09. The van der Waals surface area contributed by atoms with Gasteiger partial charge < -0.3 is 10.0 Å². The molecule has 0 saturated heterocycles. The maximum atomic E-state index is 10.6. The van der Waals surface area contributed by atoms with Gasteiger partial charge in [-0.1, -0.05) is 17.8 Å². The third-order valence-electron chi connectivity index (χ3n) is 2.60. The van der Waals surface area contributed by atoms with Crippen molar-refractivity contribution < 1.29 is 9.90 Å². The molecule has 0 spiro atoms. The molecule has 2 heterocycles. The number of nitrogens with zero attached hydrogens (tertiary/aromatic N) is 5. The van der Waals surface area contributed by atoms with Crippen LogP contribution in [0, 0.1) is 0 Å². The molecule has 0 fully saturated rings. The van der Waals surface area contributed by atoms with Crippen molar-refractivity contribution in [3.63, 3.8) is 0 Å². The molecule has 0 aliphatic carbocycles. The van der Waals surface area contributed by atoms with E-state index in [-0.39, 0.29) is 5.75 Å². The number of hydrogen-bond acceptors (Lipinski definition) is 6. The van der Waals surface area contributed by atoms with Crippen LogP contribution in [0.3, 0.4) is 0 Å². The van der Waals surface area contributed by atoms with Crippen molar-refractivity contribution in [3.05, 3.63) is 30.1 Å². The Morgan fingerprint density at radius 3 is 2.90 bits per heavy atom. The molecule has 0 aliphatic heterocycles. The van der Waals surface area contributed by atoms with Crippen molar-refractivity contribution in [1.82, 2.24) is 19.7 Å². The van der Waals surface area contributed by atoms with Crippen molar-refractivity contribution in [3.8, 4) is 0 Å². The van der Waals surface area contributed by atoms with Crippen LogP contribution in [0.4, 0.5) is 5.95 Å². The van der Waals surface area contributed by atoms with Gasteiger partial charge in [0.05, 0.1) is 18.0 Å². The summed E-state index contributed by atoms with van der Waals surface area (Å²) < 4.78 is 1.77. The SMILES string of the molecule is CN(Cc1ccccn1)c1nnc(SCC(=O)O)n1C. The Morgan fingerprint density at radius 2 is 2.25 bits per heavy atom. The fourth-order valence-corrected chi connectivity index (χ4v) is 2.32. The highest BCUT2D eigenvalue weighted by molar-refractivity contribution is 7.99. The lowest BCUT2D eigenvalue weighted by molar-refractivity contribution is -0.133.